The van der Waals surface area contributed by atoms with Gasteiger partial charge in [0.2, 0.25) is 5.91 Å². The second kappa shape index (κ2) is 8.75. The molecule has 0 aliphatic carbocycles. The average molecular weight is 403 g/mol. The van der Waals surface area contributed by atoms with Gasteiger partial charge in [-0.3, -0.25) is 14.5 Å². The lowest BCUT2D eigenvalue weighted by Gasteiger charge is -2.28. The maximum atomic E-state index is 12.5. The summed E-state index contributed by atoms with van der Waals surface area (Å²) in [6, 6.07) is 11.5. The molecule has 146 valence electrons. The molecule has 0 aromatic heterocycles. The van der Waals surface area contributed by atoms with Crippen molar-refractivity contribution in [3.63, 3.8) is 0 Å². The van der Waals surface area contributed by atoms with Gasteiger partial charge >= 0.3 is 5.97 Å². The fourth-order valence-electron chi connectivity index (χ4n) is 2.70. The maximum absolute atomic E-state index is 12.5. The molecule has 0 bridgehead atoms. The van der Waals surface area contributed by atoms with Gasteiger partial charge in [0.1, 0.15) is 12.3 Å². The van der Waals surface area contributed by atoms with E-state index >= 15 is 0 Å². The van der Waals surface area contributed by atoms with Crippen molar-refractivity contribution >= 4 is 40.8 Å². The highest BCUT2D eigenvalue weighted by molar-refractivity contribution is 6.33. The number of halogens is 1. The number of carbonyl (C=O) groups is 3. The number of hydrogen-bond acceptors (Lipinski definition) is 5. The predicted molar refractivity (Wildman–Crippen MR) is 105 cm³/mol. The van der Waals surface area contributed by atoms with Crippen LogP contribution < -0.4 is 15.0 Å². The highest BCUT2D eigenvalue weighted by atomic mass is 35.5. The Kier molecular flexibility index (Phi) is 6.16. The Morgan fingerprint density at radius 2 is 2.04 bits per heavy atom. The molecule has 0 spiro atoms. The highest BCUT2D eigenvalue weighted by Gasteiger charge is 2.27. The Bertz CT molecular complexity index is 915. The Hall–Kier alpha value is -3.06. The number of carbonyl (C=O) groups excluding carboxylic acids is 3. The minimum atomic E-state index is -0.555. The van der Waals surface area contributed by atoms with Crippen LogP contribution >= 0.6 is 11.6 Å². The fraction of sp³-hybridized carbons (Fsp3) is 0.250. The number of amides is 2. The summed E-state index contributed by atoms with van der Waals surface area (Å²) in [6.07, 6.45) is 0.689. The highest BCUT2D eigenvalue weighted by Crippen LogP contribution is 2.31. The van der Waals surface area contributed by atoms with Gasteiger partial charge in [0.15, 0.2) is 6.61 Å². The monoisotopic (exact) mass is 402 g/mol. The molecule has 1 aliphatic heterocycles. The molecule has 0 radical (unpaired) electrons. The maximum Gasteiger partial charge on any atom is 0.339 e. The summed E-state index contributed by atoms with van der Waals surface area (Å²) in [7, 11) is 0. The van der Waals surface area contributed by atoms with Crippen LogP contribution in [-0.2, 0) is 14.3 Å². The first-order valence-electron chi connectivity index (χ1n) is 8.78. The van der Waals surface area contributed by atoms with Crippen LogP contribution in [0.1, 0.15) is 23.7 Å². The molecule has 0 saturated carbocycles. The summed E-state index contributed by atoms with van der Waals surface area (Å²) in [4.78, 5) is 38.1. The van der Waals surface area contributed by atoms with E-state index in [1.54, 1.807) is 30.3 Å². The Balaban J connectivity index is 1.72. The molecule has 2 aromatic carbocycles. The smallest absolute Gasteiger partial charge is 0.339 e. The number of ether oxygens (including phenoxy) is 2. The van der Waals surface area contributed by atoms with Crippen LogP contribution in [0.15, 0.2) is 42.5 Å². The number of para-hydroxylation sites is 2. The van der Waals surface area contributed by atoms with Crippen molar-refractivity contribution in [1.29, 1.82) is 0 Å². The van der Waals surface area contributed by atoms with Crippen molar-refractivity contribution in [1.82, 2.24) is 0 Å². The van der Waals surface area contributed by atoms with Crippen molar-refractivity contribution in [2.24, 2.45) is 0 Å². The third-order valence-corrected chi connectivity index (χ3v) is 4.35. The summed E-state index contributed by atoms with van der Waals surface area (Å²) >= 11 is 6.06. The van der Waals surface area contributed by atoms with Crippen molar-refractivity contribution in [2.75, 3.05) is 30.0 Å². The van der Waals surface area contributed by atoms with Crippen molar-refractivity contribution in [2.45, 2.75) is 13.3 Å². The van der Waals surface area contributed by atoms with Crippen LogP contribution in [0.3, 0.4) is 0 Å². The molecular weight excluding hydrogens is 384 g/mol. The Morgan fingerprint density at radius 1 is 1.25 bits per heavy atom. The van der Waals surface area contributed by atoms with Gasteiger partial charge in [0, 0.05) is 5.69 Å². The zero-order valence-corrected chi connectivity index (χ0v) is 16.0. The van der Waals surface area contributed by atoms with E-state index in [0.717, 1.165) is 0 Å². The number of esters is 1. The first-order chi connectivity index (χ1) is 13.5. The molecule has 0 unspecified atom stereocenters. The predicted octanol–water partition coefficient (Wildman–Crippen LogP) is 3.27. The third-order valence-electron chi connectivity index (χ3n) is 4.02. The first kappa shape index (κ1) is 19.7. The van der Waals surface area contributed by atoms with Gasteiger partial charge in [0.25, 0.3) is 5.91 Å². The van der Waals surface area contributed by atoms with Crippen LogP contribution in [0.2, 0.25) is 5.02 Å². The number of rotatable bonds is 6. The average Bonchev–Trinajstić information content (AvgIpc) is 2.69. The van der Waals surface area contributed by atoms with Crippen LogP contribution in [0.25, 0.3) is 0 Å². The van der Waals surface area contributed by atoms with Crippen LogP contribution in [0.4, 0.5) is 11.4 Å². The summed E-state index contributed by atoms with van der Waals surface area (Å²) in [5.74, 6) is -0.739. The number of nitrogens with zero attached hydrogens (tertiary/aromatic N) is 1. The van der Waals surface area contributed by atoms with Crippen LogP contribution in [0.5, 0.6) is 5.75 Å². The molecule has 1 N–H and O–H groups in total. The lowest BCUT2D eigenvalue weighted by molar-refractivity contribution is -0.123. The number of fused-ring (bicyclic) bond motifs is 1. The van der Waals surface area contributed by atoms with Gasteiger partial charge in [-0.25, -0.2) is 4.79 Å². The lowest BCUT2D eigenvalue weighted by atomic mass is 10.2. The molecule has 8 heteroatoms. The second-order valence-electron chi connectivity index (χ2n) is 6.12. The Labute approximate surface area is 167 Å². The molecule has 3 rings (SSSR count). The fourth-order valence-corrected chi connectivity index (χ4v) is 2.90. The minimum absolute atomic E-state index is 0.126. The molecule has 2 aromatic rings. The quantitative estimate of drug-likeness (QED) is 0.749. The zero-order valence-electron chi connectivity index (χ0n) is 15.2. The number of nitrogens with one attached hydrogen (secondary N) is 1. The van der Waals surface area contributed by atoms with Crippen LogP contribution in [0, 0.1) is 0 Å². The topological polar surface area (TPSA) is 84.9 Å². The van der Waals surface area contributed by atoms with Gasteiger partial charge in [-0.2, -0.15) is 0 Å². The molecule has 1 aliphatic rings. The zero-order chi connectivity index (χ0) is 20.1. The molecule has 1 heterocycles. The van der Waals surface area contributed by atoms with Gasteiger partial charge < -0.3 is 14.8 Å². The minimum Gasteiger partial charge on any atom is -0.482 e. The normalized spacial score (nSPS) is 12.8. The molecule has 0 saturated heterocycles. The van der Waals surface area contributed by atoms with Gasteiger partial charge in [0.05, 0.1) is 22.9 Å². The van der Waals surface area contributed by atoms with Gasteiger partial charge in [-0.1, -0.05) is 30.7 Å². The number of anilines is 2. The SMILES string of the molecule is CCCOC(=O)c1cc(NC(=O)CN2C(=O)COc3ccccc32)ccc1Cl. The number of benzene rings is 2. The summed E-state index contributed by atoms with van der Waals surface area (Å²) in [5.41, 5.74) is 1.08. The molecule has 0 fully saturated rings. The molecule has 2 amide bonds. The summed E-state index contributed by atoms with van der Waals surface area (Å²) < 4.78 is 10.5. The van der Waals surface area contributed by atoms with E-state index in [1.807, 2.05) is 6.92 Å². The van der Waals surface area contributed by atoms with E-state index in [-0.39, 0.29) is 36.3 Å². The Morgan fingerprint density at radius 3 is 2.82 bits per heavy atom. The summed E-state index contributed by atoms with van der Waals surface area (Å²) in [6.45, 7) is 1.86. The van der Waals surface area contributed by atoms with E-state index in [9.17, 15) is 14.4 Å². The van der Waals surface area contributed by atoms with Crippen molar-refractivity contribution in [3.8, 4) is 5.75 Å². The molecule has 0 atom stereocenters. The standard InChI is InChI=1S/C20H19ClN2O5/c1-2-9-27-20(26)14-10-13(7-8-15(14)21)22-18(24)11-23-16-5-3-4-6-17(16)28-12-19(23)25/h3-8,10H,2,9,11-12H2,1H3,(H,22,24). The molecule has 28 heavy (non-hydrogen) atoms. The summed E-state index contributed by atoms with van der Waals surface area (Å²) in [5, 5.41) is 2.91. The molecular formula is C20H19ClN2O5. The van der Waals surface area contributed by atoms with E-state index in [2.05, 4.69) is 5.32 Å². The van der Waals surface area contributed by atoms with E-state index in [0.29, 0.717) is 23.5 Å². The van der Waals surface area contributed by atoms with Crippen molar-refractivity contribution < 1.29 is 23.9 Å². The van der Waals surface area contributed by atoms with E-state index < -0.39 is 11.9 Å². The second-order valence-corrected chi connectivity index (χ2v) is 6.52. The first-order valence-corrected chi connectivity index (χ1v) is 9.16. The van der Waals surface area contributed by atoms with Gasteiger partial charge in [-0.05, 0) is 36.8 Å². The molecule has 7 nitrogen and oxygen atoms in total. The van der Waals surface area contributed by atoms with Crippen LogP contribution in [-0.4, -0.2) is 37.5 Å². The lowest BCUT2D eigenvalue weighted by Crippen LogP contribution is -2.43. The largest absolute Gasteiger partial charge is 0.482 e. The third kappa shape index (κ3) is 4.43. The van der Waals surface area contributed by atoms with Crippen molar-refractivity contribution in [3.05, 3.63) is 53.1 Å². The van der Waals surface area contributed by atoms with E-state index in [4.69, 9.17) is 21.1 Å². The van der Waals surface area contributed by atoms with E-state index in [1.165, 1.54) is 17.0 Å². The van der Waals surface area contributed by atoms with Gasteiger partial charge in [-0.15, -0.1) is 0 Å². The number of hydrogen-bond donors (Lipinski definition) is 1.